The summed E-state index contributed by atoms with van der Waals surface area (Å²) in [7, 11) is 0. The fourth-order valence-electron chi connectivity index (χ4n) is 4.91. The Morgan fingerprint density at radius 1 is 1.17 bits per heavy atom. The predicted molar refractivity (Wildman–Crippen MR) is 106 cm³/mol. The van der Waals surface area contributed by atoms with Crippen LogP contribution in [0, 0.1) is 5.92 Å². The molecule has 2 bridgehead atoms. The van der Waals surface area contributed by atoms with E-state index in [1.165, 1.54) is 4.90 Å². The molecule has 8 nitrogen and oxygen atoms in total. The Morgan fingerprint density at radius 3 is 2.79 bits per heavy atom. The van der Waals surface area contributed by atoms with Crippen LogP contribution >= 0.6 is 0 Å². The van der Waals surface area contributed by atoms with Crippen molar-refractivity contribution in [3.63, 3.8) is 0 Å². The van der Waals surface area contributed by atoms with Crippen molar-refractivity contribution < 1.29 is 9.18 Å². The summed E-state index contributed by atoms with van der Waals surface area (Å²) in [6, 6.07) is 5.35. The third-order valence-corrected chi connectivity index (χ3v) is 6.24. The molecule has 0 aromatic carbocycles. The highest BCUT2D eigenvalue weighted by Crippen LogP contribution is 2.36. The largest absolute Gasteiger partial charge is 0.368 e. The number of hydrogen-bond acceptors (Lipinski definition) is 6. The molecule has 9 heteroatoms. The minimum absolute atomic E-state index is 0.0717. The molecule has 2 aromatic heterocycles. The summed E-state index contributed by atoms with van der Waals surface area (Å²) in [5, 5.41) is 0. The average molecular weight is 398 g/mol. The van der Waals surface area contributed by atoms with E-state index < -0.39 is 6.17 Å². The Balaban J connectivity index is 1.44. The van der Waals surface area contributed by atoms with Gasteiger partial charge in [-0.25, -0.2) is 9.37 Å². The van der Waals surface area contributed by atoms with Crippen LogP contribution in [0.25, 0.3) is 0 Å². The van der Waals surface area contributed by atoms with Crippen LogP contribution in [0.1, 0.15) is 34.8 Å². The second-order valence-corrected chi connectivity index (χ2v) is 8.20. The van der Waals surface area contributed by atoms with E-state index in [1.54, 1.807) is 16.8 Å². The van der Waals surface area contributed by atoms with Gasteiger partial charge in [-0.2, -0.15) is 4.98 Å². The SMILES string of the molecule is Nc1nccc(N2C[C@@H]3C[C@H](C2)c2ccc(C(=O)N4CC[C@H](F)C4)c(=O)n2C3)n1. The third-order valence-electron chi connectivity index (χ3n) is 6.24. The summed E-state index contributed by atoms with van der Waals surface area (Å²) in [6.45, 7) is 2.50. The number of alkyl halides is 1. The first kappa shape index (κ1) is 18.1. The number of carbonyl (C=O) groups excluding carboxylic acids is 1. The van der Waals surface area contributed by atoms with E-state index in [0.717, 1.165) is 31.0 Å². The van der Waals surface area contributed by atoms with E-state index in [4.69, 9.17) is 5.73 Å². The zero-order valence-electron chi connectivity index (χ0n) is 16.0. The Morgan fingerprint density at radius 2 is 2.03 bits per heavy atom. The van der Waals surface area contributed by atoms with Crippen molar-refractivity contribution in [2.24, 2.45) is 5.92 Å². The van der Waals surface area contributed by atoms with Gasteiger partial charge in [0, 0.05) is 44.0 Å². The number of halogens is 1. The van der Waals surface area contributed by atoms with Crippen molar-refractivity contribution >= 4 is 17.7 Å². The van der Waals surface area contributed by atoms with Crippen molar-refractivity contribution in [2.45, 2.75) is 31.5 Å². The predicted octanol–water partition coefficient (Wildman–Crippen LogP) is 1.03. The monoisotopic (exact) mass is 398 g/mol. The highest BCUT2D eigenvalue weighted by Gasteiger charge is 2.36. The minimum Gasteiger partial charge on any atom is -0.368 e. The van der Waals surface area contributed by atoms with Gasteiger partial charge >= 0.3 is 0 Å². The number of pyridine rings is 1. The van der Waals surface area contributed by atoms with Gasteiger partial charge in [-0.15, -0.1) is 0 Å². The zero-order chi connectivity index (χ0) is 20.1. The molecule has 2 fully saturated rings. The van der Waals surface area contributed by atoms with Crippen LogP contribution in [0.15, 0.2) is 29.2 Å². The number of anilines is 2. The highest BCUT2D eigenvalue weighted by molar-refractivity contribution is 5.94. The molecule has 3 aliphatic rings. The van der Waals surface area contributed by atoms with Crippen molar-refractivity contribution in [3.05, 3.63) is 46.0 Å². The Bertz CT molecular complexity index is 1020. The maximum Gasteiger partial charge on any atom is 0.263 e. The summed E-state index contributed by atoms with van der Waals surface area (Å²) in [6.07, 6.45) is 1.99. The van der Waals surface area contributed by atoms with Gasteiger partial charge in [0.05, 0.1) is 6.54 Å². The van der Waals surface area contributed by atoms with E-state index in [2.05, 4.69) is 14.9 Å². The molecule has 0 aliphatic carbocycles. The molecule has 2 N–H and O–H groups in total. The molecule has 3 aliphatic heterocycles. The van der Waals surface area contributed by atoms with Gasteiger partial charge in [-0.05, 0) is 37.0 Å². The molecule has 3 atom stereocenters. The minimum atomic E-state index is -1.000. The summed E-state index contributed by atoms with van der Waals surface area (Å²) in [5.41, 5.74) is 6.55. The molecule has 2 saturated heterocycles. The number of nitrogen functional groups attached to an aromatic ring is 1. The van der Waals surface area contributed by atoms with E-state index >= 15 is 0 Å². The molecule has 29 heavy (non-hydrogen) atoms. The quantitative estimate of drug-likeness (QED) is 0.812. The first-order valence-corrected chi connectivity index (χ1v) is 10.00. The second-order valence-electron chi connectivity index (χ2n) is 8.20. The summed E-state index contributed by atoms with van der Waals surface area (Å²) < 4.78 is 15.2. The van der Waals surface area contributed by atoms with E-state index in [0.29, 0.717) is 19.5 Å². The normalized spacial score (nSPS) is 25.8. The van der Waals surface area contributed by atoms with Gasteiger partial charge in [0.2, 0.25) is 5.95 Å². The third kappa shape index (κ3) is 3.14. The molecule has 0 spiro atoms. The number of nitrogens with two attached hydrogens (primary N) is 1. The Labute approximate surface area is 167 Å². The van der Waals surface area contributed by atoms with Crippen LogP contribution in [-0.2, 0) is 6.54 Å². The first-order valence-electron chi connectivity index (χ1n) is 10.00. The molecule has 0 saturated carbocycles. The van der Waals surface area contributed by atoms with Gasteiger partial charge in [0.25, 0.3) is 11.5 Å². The molecule has 0 radical (unpaired) electrons. The number of rotatable bonds is 2. The topological polar surface area (TPSA) is 97.4 Å². The molecule has 1 amide bonds. The summed E-state index contributed by atoms with van der Waals surface area (Å²) >= 11 is 0. The van der Waals surface area contributed by atoms with Gasteiger partial charge in [0.1, 0.15) is 17.6 Å². The number of amides is 1. The number of fused-ring (bicyclic) bond motifs is 4. The molecule has 0 unspecified atom stereocenters. The van der Waals surface area contributed by atoms with Crippen molar-refractivity contribution in [1.82, 2.24) is 19.4 Å². The van der Waals surface area contributed by atoms with Crippen LogP contribution in [-0.4, -0.2) is 57.7 Å². The van der Waals surface area contributed by atoms with Crippen molar-refractivity contribution in [1.29, 1.82) is 0 Å². The molecule has 5 rings (SSSR count). The van der Waals surface area contributed by atoms with Crippen LogP contribution in [0.3, 0.4) is 0 Å². The maximum atomic E-state index is 13.5. The lowest BCUT2D eigenvalue weighted by Gasteiger charge is -2.43. The Hall–Kier alpha value is -2.97. The fraction of sp³-hybridized carbons (Fsp3) is 0.500. The number of carbonyl (C=O) groups is 1. The molecule has 2 aromatic rings. The smallest absolute Gasteiger partial charge is 0.263 e. The lowest BCUT2D eigenvalue weighted by Crippen LogP contribution is -2.48. The number of likely N-dealkylation sites (tertiary alicyclic amines) is 1. The molecular formula is C20H23FN6O2. The van der Waals surface area contributed by atoms with E-state index in [-0.39, 0.29) is 41.4 Å². The lowest BCUT2D eigenvalue weighted by molar-refractivity contribution is 0.0779. The standard InChI is InChI=1S/C20H23FN6O2/c21-14-4-6-25(11-14)18(28)15-1-2-16-13-7-12(9-27(16)19(15)29)8-26(10-13)17-3-5-23-20(22)24-17/h1-3,5,12-14H,4,6-11H2,(H2,22,23,24)/t12-,13+,14-/m0/s1. The summed E-state index contributed by atoms with van der Waals surface area (Å²) in [4.78, 5) is 37.7. The summed E-state index contributed by atoms with van der Waals surface area (Å²) in [5.74, 6) is 1.14. The number of hydrogen-bond donors (Lipinski definition) is 1. The second kappa shape index (κ2) is 6.82. The highest BCUT2D eigenvalue weighted by atomic mass is 19.1. The molecule has 152 valence electrons. The number of aromatic nitrogens is 3. The van der Waals surface area contributed by atoms with Crippen molar-refractivity contribution in [3.8, 4) is 0 Å². The number of nitrogens with zero attached hydrogens (tertiary/aromatic N) is 5. The van der Waals surface area contributed by atoms with Crippen molar-refractivity contribution in [2.75, 3.05) is 36.8 Å². The fourth-order valence-corrected chi connectivity index (χ4v) is 4.91. The number of piperidine rings is 1. The molecule has 5 heterocycles. The zero-order valence-corrected chi connectivity index (χ0v) is 16.0. The van der Waals surface area contributed by atoms with Gasteiger partial charge in [0.15, 0.2) is 0 Å². The van der Waals surface area contributed by atoms with Gasteiger partial charge in [-0.3, -0.25) is 9.59 Å². The van der Waals surface area contributed by atoms with Crippen LogP contribution in [0.5, 0.6) is 0 Å². The first-order chi connectivity index (χ1) is 14.0. The maximum absolute atomic E-state index is 13.5. The van der Waals surface area contributed by atoms with Crippen LogP contribution < -0.4 is 16.2 Å². The molecular weight excluding hydrogens is 375 g/mol. The lowest BCUT2D eigenvalue weighted by atomic mass is 9.83. The van der Waals surface area contributed by atoms with Gasteiger partial charge in [-0.1, -0.05) is 0 Å². The van der Waals surface area contributed by atoms with Crippen LogP contribution in [0.4, 0.5) is 16.2 Å². The van der Waals surface area contributed by atoms with E-state index in [1.807, 2.05) is 12.1 Å². The van der Waals surface area contributed by atoms with Gasteiger partial charge < -0.3 is 20.1 Å². The van der Waals surface area contributed by atoms with E-state index in [9.17, 15) is 14.0 Å². The average Bonchev–Trinajstić information content (AvgIpc) is 3.14. The van der Waals surface area contributed by atoms with Crippen LogP contribution in [0.2, 0.25) is 0 Å². The Kier molecular flexibility index (Phi) is 4.25.